The van der Waals surface area contributed by atoms with E-state index >= 15 is 0 Å². The molecule has 0 saturated heterocycles. The van der Waals surface area contributed by atoms with Gasteiger partial charge in [0.2, 0.25) is 0 Å². The third-order valence-electron chi connectivity index (χ3n) is 2.94. The highest BCUT2D eigenvalue weighted by molar-refractivity contribution is 14.1. The number of pyridine rings is 1. The Morgan fingerprint density at radius 2 is 2.00 bits per heavy atom. The minimum Gasteiger partial charge on any atom is -0.372 e. The van der Waals surface area contributed by atoms with E-state index in [1.165, 1.54) is 0 Å². The molecular formula is C14H17IN4. The van der Waals surface area contributed by atoms with E-state index in [2.05, 4.69) is 51.7 Å². The van der Waals surface area contributed by atoms with E-state index in [9.17, 15) is 0 Å². The third kappa shape index (κ3) is 2.86. The molecule has 2 heterocycles. The number of nitrogens with zero attached hydrogens (tertiary/aromatic N) is 3. The molecule has 5 heteroatoms. The van der Waals surface area contributed by atoms with Crippen LogP contribution in [0.1, 0.15) is 31.0 Å². The molecule has 100 valence electrons. The summed E-state index contributed by atoms with van der Waals surface area (Å²) in [5.74, 6) is 1.97. The second kappa shape index (κ2) is 5.81. The van der Waals surface area contributed by atoms with Crippen molar-refractivity contribution < 1.29 is 0 Å². The highest BCUT2D eigenvalue weighted by atomic mass is 127. The van der Waals surface area contributed by atoms with Gasteiger partial charge in [0.05, 0.1) is 9.26 Å². The van der Waals surface area contributed by atoms with Crippen LogP contribution in [0, 0.1) is 10.5 Å². The van der Waals surface area contributed by atoms with Crippen LogP contribution in [-0.2, 0) is 0 Å². The maximum atomic E-state index is 4.71. The number of aromatic nitrogens is 3. The number of hydrogen-bond donors (Lipinski definition) is 1. The van der Waals surface area contributed by atoms with Crippen molar-refractivity contribution in [3.8, 4) is 11.4 Å². The second-order valence-corrected chi connectivity index (χ2v) is 5.77. The monoisotopic (exact) mass is 368 g/mol. The maximum Gasteiger partial charge on any atom is 0.163 e. The summed E-state index contributed by atoms with van der Waals surface area (Å²) in [5, 5.41) is 3.14. The second-order valence-electron chi connectivity index (χ2n) is 4.69. The summed E-state index contributed by atoms with van der Waals surface area (Å²) in [7, 11) is 1.88. The lowest BCUT2D eigenvalue weighted by Crippen LogP contribution is -2.07. The highest BCUT2D eigenvalue weighted by Gasteiger charge is 2.16. The van der Waals surface area contributed by atoms with Gasteiger partial charge in [-0.05, 0) is 47.1 Å². The molecular weight excluding hydrogens is 351 g/mol. The van der Waals surface area contributed by atoms with E-state index in [0.717, 1.165) is 32.0 Å². The summed E-state index contributed by atoms with van der Waals surface area (Å²) in [5.41, 5.74) is 3.18. The molecule has 0 bridgehead atoms. The Bertz CT molecular complexity index is 596. The molecule has 2 aromatic heterocycles. The smallest absolute Gasteiger partial charge is 0.163 e. The molecule has 0 radical (unpaired) electrons. The van der Waals surface area contributed by atoms with E-state index in [0.29, 0.717) is 5.92 Å². The van der Waals surface area contributed by atoms with Gasteiger partial charge >= 0.3 is 0 Å². The van der Waals surface area contributed by atoms with Gasteiger partial charge < -0.3 is 5.32 Å². The van der Waals surface area contributed by atoms with E-state index < -0.39 is 0 Å². The van der Waals surface area contributed by atoms with E-state index in [1.54, 1.807) is 6.20 Å². The number of aryl methyl sites for hydroxylation is 1. The number of nitrogens with one attached hydrogen (secondary N) is 1. The SMILES string of the molecule is CNc1nc(-c2cnccc2C)nc(C(C)C)c1I. The summed E-state index contributed by atoms with van der Waals surface area (Å²) in [4.78, 5) is 13.5. The van der Waals surface area contributed by atoms with Gasteiger partial charge in [0.15, 0.2) is 5.82 Å². The number of halogens is 1. The Balaban J connectivity index is 2.65. The molecule has 0 spiro atoms. The molecule has 0 aliphatic rings. The largest absolute Gasteiger partial charge is 0.372 e. The van der Waals surface area contributed by atoms with Gasteiger partial charge in [0, 0.05) is 25.0 Å². The van der Waals surface area contributed by atoms with Crippen LogP contribution in [0.4, 0.5) is 5.82 Å². The zero-order valence-corrected chi connectivity index (χ0v) is 13.7. The first-order valence-corrected chi connectivity index (χ1v) is 7.28. The molecule has 4 nitrogen and oxygen atoms in total. The highest BCUT2D eigenvalue weighted by Crippen LogP contribution is 2.28. The summed E-state index contributed by atoms with van der Waals surface area (Å²) in [6.45, 7) is 6.33. The third-order valence-corrected chi connectivity index (χ3v) is 4.00. The molecule has 0 saturated carbocycles. The molecule has 0 fully saturated rings. The summed E-state index contributed by atoms with van der Waals surface area (Å²) in [6.07, 6.45) is 3.61. The lowest BCUT2D eigenvalue weighted by atomic mass is 10.1. The Morgan fingerprint density at radius 1 is 1.26 bits per heavy atom. The molecule has 2 rings (SSSR count). The van der Waals surface area contributed by atoms with Crippen LogP contribution >= 0.6 is 22.6 Å². The predicted octanol–water partition coefficient (Wildman–Crippen LogP) is 3.62. The first kappa shape index (κ1) is 14.2. The molecule has 0 atom stereocenters. The summed E-state index contributed by atoms with van der Waals surface area (Å²) < 4.78 is 1.08. The van der Waals surface area contributed by atoms with Crippen LogP contribution in [-0.4, -0.2) is 22.0 Å². The molecule has 0 aliphatic carbocycles. The maximum absolute atomic E-state index is 4.71. The van der Waals surface area contributed by atoms with Crippen LogP contribution in [0.5, 0.6) is 0 Å². The fourth-order valence-electron chi connectivity index (χ4n) is 1.83. The average molecular weight is 368 g/mol. The van der Waals surface area contributed by atoms with Gasteiger partial charge in [-0.2, -0.15) is 0 Å². The standard InChI is InChI=1S/C14H17IN4/c1-8(2)12-11(15)14(16-4)19-13(18-12)10-7-17-6-5-9(10)3/h5-8H,1-4H3,(H,16,18,19). The summed E-state index contributed by atoms with van der Waals surface area (Å²) in [6, 6.07) is 1.98. The number of rotatable bonds is 3. The molecule has 19 heavy (non-hydrogen) atoms. The predicted molar refractivity (Wildman–Crippen MR) is 86.4 cm³/mol. The number of hydrogen-bond acceptors (Lipinski definition) is 4. The van der Waals surface area contributed by atoms with Crippen LogP contribution in [0.15, 0.2) is 18.5 Å². The van der Waals surface area contributed by atoms with Crippen molar-refractivity contribution in [3.63, 3.8) is 0 Å². The zero-order valence-electron chi connectivity index (χ0n) is 11.5. The Hall–Kier alpha value is -1.24. The van der Waals surface area contributed by atoms with Crippen molar-refractivity contribution in [3.05, 3.63) is 33.3 Å². The quantitative estimate of drug-likeness (QED) is 0.841. The minimum absolute atomic E-state index is 0.359. The molecule has 0 aromatic carbocycles. The van der Waals surface area contributed by atoms with Crippen molar-refractivity contribution >= 4 is 28.4 Å². The van der Waals surface area contributed by atoms with Crippen LogP contribution in [0.3, 0.4) is 0 Å². The molecule has 0 amide bonds. The van der Waals surface area contributed by atoms with Crippen LogP contribution < -0.4 is 5.32 Å². The van der Waals surface area contributed by atoms with Crippen molar-refractivity contribution in [2.75, 3.05) is 12.4 Å². The van der Waals surface area contributed by atoms with Gasteiger partial charge in [-0.3, -0.25) is 4.98 Å². The minimum atomic E-state index is 0.359. The summed E-state index contributed by atoms with van der Waals surface area (Å²) >= 11 is 2.30. The van der Waals surface area contributed by atoms with Gasteiger partial charge in [-0.15, -0.1) is 0 Å². The Morgan fingerprint density at radius 3 is 2.58 bits per heavy atom. The normalized spacial score (nSPS) is 10.8. The molecule has 0 aliphatic heterocycles. The van der Waals surface area contributed by atoms with Crippen molar-refractivity contribution in [1.29, 1.82) is 0 Å². The first-order valence-electron chi connectivity index (χ1n) is 6.20. The van der Waals surface area contributed by atoms with Crippen molar-refractivity contribution in [2.24, 2.45) is 0 Å². The van der Waals surface area contributed by atoms with E-state index in [4.69, 9.17) is 4.98 Å². The topological polar surface area (TPSA) is 50.7 Å². The van der Waals surface area contributed by atoms with E-state index in [1.807, 2.05) is 26.2 Å². The Kier molecular flexibility index (Phi) is 4.34. The fraction of sp³-hybridized carbons (Fsp3) is 0.357. The molecule has 1 N–H and O–H groups in total. The van der Waals surface area contributed by atoms with Crippen LogP contribution in [0.2, 0.25) is 0 Å². The first-order chi connectivity index (χ1) is 9.04. The average Bonchev–Trinajstić information content (AvgIpc) is 2.39. The van der Waals surface area contributed by atoms with Gasteiger partial charge in [-0.1, -0.05) is 13.8 Å². The van der Waals surface area contributed by atoms with Gasteiger partial charge in [-0.25, -0.2) is 9.97 Å². The number of anilines is 1. The van der Waals surface area contributed by atoms with Crippen molar-refractivity contribution in [2.45, 2.75) is 26.7 Å². The fourth-order valence-corrected chi connectivity index (χ4v) is 2.96. The Labute approximate surface area is 127 Å². The van der Waals surface area contributed by atoms with Gasteiger partial charge in [0.1, 0.15) is 5.82 Å². The lowest BCUT2D eigenvalue weighted by Gasteiger charge is -2.14. The van der Waals surface area contributed by atoms with Crippen LogP contribution in [0.25, 0.3) is 11.4 Å². The van der Waals surface area contributed by atoms with Crippen molar-refractivity contribution in [1.82, 2.24) is 15.0 Å². The molecule has 2 aromatic rings. The molecule has 0 unspecified atom stereocenters. The van der Waals surface area contributed by atoms with E-state index in [-0.39, 0.29) is 0 Å². The lowest BCUT2D eigenvalue weighted by molar-refractivity contribution is 0.809. The zero-order chi connectivity index (χ0) is 14.0. The van der Waals surface area contributed by atoms with Gasteiger partial charge in [0.25, 0.3) is 0 Å².